The van der Waals surface area contributed by atoms with E-state index in [1.807, 2.05) is 11.3 Å². The Morgan fingerprint density at radius 3 is 3.05 bits per heavy atom. The first-order valence-electron chi connectivity index (χ1n) is 7.52. The fraction of sp³-hybridized carbons (Fsp3) is 0.600. The van der Waals surface area contributed by atoms with Gasteiger partial charge < -0.3 is 9.73 Å². The normalized spacial score (nSPS) is 14.4. The van der Waals surface area contributed by atoms with Crippen LogP contribution >= 0.6 is 11.3 Å². The summed E-state index contributed by atoms with van der Waals surface area (Å²) >= 11 is 1.83. The Morgan fingerprint density at radius 2 is 2.20 bits per heavy atom. The molecule has 0 aliphatic heterocycles. The lowest BCUT2D eigenvalue weighted by Gasteiger charge is -2.08. The molecule has 0 saturated heterocycles. The van der Waals surface area contributed by atoms with Crippen molar-refractivity contribution >= 4 is 11.3 Å². The molecule has 2 aromatic rings. The van der Waals surface area contributed by atoms with E-state index in [0.29, 0.717) is 5.89 Å². The van der Waals surface area contributed by atoms with Gasteiger partial charge in [0.2, 0.25) is 5.89 Å². The van der Waals surface area contributed by atoms with Crippen LogP contribution in [0, 0.1) is 0 Å². The fourth-order valence-corrected chi connectivity index (χ4v) is 3.77. The molecule has 0 saturated carbocycles. The summed E-state index contributed by atoms with van der Waals surface area (Å²) in [5, 5.41) is 11.7. The van der Waals surface area contributed by atoms with E-state index in [-0.39, 0.29) is 0 Å². The SMILES string of the molecule is CCNCCCc1nnc(-c2cc3c(s2)CCCC3)o1. The maximum atomic E-state index is 5.79. The fourth-order valence-electron chi connectivity index (χ4n) is 2.59. The zero-order valence-corrected chi connectivity index (χ0v) is 12.8. The van der Waals surface area contributed by atoms with Crippen LogP contribution < -0.4 is 5.32 Å². The highest BCUT2D eigenvalue weighted by molar-refractivity contribution is 7.15. The molecule has 2 heterocycles. The Morgan fingerprint density at radius 1 is 1.30 bits per heavy atom. The largest absolute Gasteiger partial charge is 0.420 e. The highest BCUT2D eigenvalue weighted by atomic mass is 32.1. The molecule has 0 fully saturated rings. The van der Waals surface area contributed by atoms with Crippen molar-refractivity contribution in [2.24, 2.45) is 0 Å². The van der Waals surface area contributed by atoms with Crippen LogP contribution in [-0.2, 0) is 19.3 Å². The molecule has 3 rings (SSSR count). The molecule has 0 aromatic carbocycles. The molecule has 0 radical (unpaired) electrons. The van der Waals surface area contributed by atoms with Crippen LogP contribution in [0.4, 0.5) is 0 Å². The van der Waals surface area contributed by atoms with E-state index in [0.717, 1.165) is 36.7 Å². The van der Waals surface area contributed by atoms with Gasteiger partial charge in [0.15, 0.2) is 0 Å². The van der Waals surface area contributed by atoms with E-state index >= 15 is 0 Å². The second kappa shape index (κ2) is 6.50. The van der Waals surface area contributed by atoms with Crippen LogP contribution in [0.1, 0.15) is 42.5 Å². The number of aryl methyl sites for hydroxylation is 3. The first kappa shape index (κ1) is 13.8. The smallest absolute Gasteiger partial charge is 0.257 e. The van der Waals surface area contributed by atoms with Gasteiger partial charge in [-0.25, -0.2) is 0 Å². The predicted molar refractivity (Wildman–Crippen MR) is 81.1 cm³/mol. The Labute approximate surface area is 123 Å². The monoisotopic (exact) mass is 291 g/mol. The number of hydrogen-bond donors (Lipinski definition) is 1. The second-order valence-electron chi connectivity index (χ2n) is 5.22. The van der Waals surface area contributed by atoms with Crippen molar-refractivity contribution < 1.29 is 4.42 Å². The molecule has 2 aromatic heterocycles. The topological polar surface area (TPSA) is 51.0 Å². The molecule has 1 aliphatic carbocycles. The molecule has 0 spiro atoms. The quantitative estimate of drug-likeness (QED) is 0.830. The molecule has 1 N–H and O–H groups in total. The maximum Gasteiger partial charge on any atom is 0.257 e. The molecule has 0 atom stereocenters. The van der Waals surface area contributed by atoms with Crippen molar-refractivity contribution in [3.8, 4) is 10.8 Å². The zero-order chi connectivity index (χ0) is 13.8. The van der Waals surface area contributed by atoms with Gasteiger partial charge in [-0.3, -0.25) is 0 Å². The van der Waals surface area contributed by atoms with Gasteiger partial charge in [-0.15, -0.1) is 21.5 Å². The number of rotatable bonds is 6. The third kappa shape index (κ3) is 3.10. The van der Waals surface area contributed by atoms with Crippen LogP contribution in [0.3, 0.4) is 0 Å². The summed E-state index contributed by atoms with van der Waals surface area (Å²) < 4.78 is 5.79. The van der Waals surface area contributed by atoms with Crippen LogP contribution in [0.2, 0.25) is 0 Å². The number of hydrogen-bond acceptors (Lipinski definition) is 5. The number of nitrogens with one attached hydrogen (secondary N) is 1. The lowest BCUT2D eigenvalue weighted by atomic mass is 9.99. The Hall–Kier alpha value is -1.20. The minimum atomic E-state index is 0.697. The average molecular weight is 291 g/mol. The molecular formula is C15H21N3OS. The van der Waals surface area contributed by atoms with Gasteiger partial charge in [-0.05, 0) is 56.8 Å². The van der Waals surface area contributed by atoms with Crippen LogP contribution in [0.25, 0.3) is 10.8 Å². The van der Waals surface area contributed by atoms with E-state index < -0.39 is 0 Å². The van der Waals surface area contributed by atoms with Gasteiger partial charge >= 0.3 is 0 Å². The van der Waals surface area contributed by atoms with Gasteiger partial charge in [0.1, 0.15) is 0 Å². The summed E-state index contributed by atoms with van der Waals surface area (Å²) in [5.41, 5.74) is 1.49. The molecule has 108 valence electrons. The number of fused-ring (bicyclic) bond motifs is 1. The zero-order valence-electron chi connectivity index (χ0n) is 11.9. The predicted octanol–water partition coefficient (Wildman–Crippen LogP) is 3.22. The van der Waals surface area contributed by atoms with E-state index in [1.165, 1.54) is 36.1 Å². The van der Waals surface area contributed by atoms with Gasteiger partial charge in [-0.2, -0.15) is 0 Å². The van der Waals surface area contributed by atoms with Crippen LogP contribution in [0.5, 0.6) is 0 Å². The van der Waals surface area contributed by atoms with Crippen molar-refractivity contribution in [2.75, 3.05) is 13.1 Å². The third-order valence-electron chi connectivity index (χ3n) is 3.67. The molecule has 0 amide bonds. The summed E-state index contributed by atoms with van der Waals surface area (Å²) in [6.45, 7) is 4.13. The first-order chi connectivity index (χ1) is 9.86. The van der Waals surface area contributed by atoms with Crippen molar-refractivity contribution in [1.82, 2.24) is 15.5 Å². The van der Waals surface area contributed by atoms with Gasteiger partial charge in [0.25, 0.3) is 5.89 Å². The van der Waals surface area contributed by atoms with Gasteiger partial charge in [-0.1, -0.05) is 6.92 Å². The molecular weight excluding hydrogens is 270 g/mol. The van der Waals surface area contributed by atoms with Crippen molar-refractivity contribution in [1.29, 1.82) is 0 Å². The lowest BCUT2D eigenvalue weighted by Crippen LogP contribution is -2.14. The van der Waals surface area contributed by atoms with E-state index in [4.69, 9.17) is 4.42 Å². The highest BCUT2D eigenvalue weighted by Crippen LogP contribution is 2.35. The summed E-state index contributed by atoms with van der Waals surface area (Å²) in [5.74, 6) is 1.45. The second-order valence-corrected chi connectivity index (χ2v) is 6.36. The summed E-state index contributed by atoms with van der Waals surface area (Å²) in [4.78, 5) is 2.65. The summed E-state index contributed by atoms with van der Waals surface area (Å²) in [6.07, 6.45) is 6.93. The summed E-state index contributed by atoms with van der Waals surface area (Å²) in [7, 11) is 0. The number of aromatic nitrogens is 2. The van der Waals surface area contributed by atoms with Gasteiger partial charge in [0, 0.05) is 11.3 Å². The third-order valence-corrected chi connectivity index (χ3v) is 4.89. The van der Waals surface area contributed by atoms with Crippen molar-refractivity contribution in [3.63, 3.8) is 0 Å². The summed E-state index contributed by atoms with van der Waals surface area (Å²) in [6, 6.07) is 2.25. The molecule has 20 heavy (non-hydrogen) atoms. The van der Waals surface area contributed by atoms with Crippen molar-refractivity contribution in [3.05, 3.63) is 22.4 Å². The molecule has 4 nitrogen and oxygen atoms in total. The Kier molecular flexibility index (Phi) is 4.47. The number of thiophene rings is 1. The average Bonchev–Trinajstić information content (AvgIpc) is 3.09. The minimum absolute atomic E-state index is 0.697. The standard InChI is InChI=1S/C15H21N3OS/c1-2-16-9-5-8-14-17-18-15(19-14)13-10-11-6-3-4-7-12(11)20-13/h10,16H,2-9H2,1H3. The van der Waals surface area contributed by atoms with Crippen LogP contribution in [0.15, 0.2) is 10.5 Å². The van der Waals surface area contributed by atoms with Gasteiger partial charge in [0.05, 0.1) is 4.88 Å². The minimum Gasteiger partial charge on any atom is -0.420 e. The highest BCUT2D eigenvalue weighted by Gasteiger charge is 2.17. The molecule has 0 bridgehead atoms. The lowest BCUT2D eigenvalue weighted by molar-refractivity contribution is 0.493. The maximum absolute atomic E-state index is 5.79. The van der Waals surface area contributed by atoms with E-state index in [1.54, 1.807) is 0 Å². The molecule has 1 aliphatic rings. The van der Waals surface area contributed by atoms with E-state index in [9.17, 15) is 0 Å². The molecule has 5 heteroatoms. The van der Waals surface area contributed by atoms with Crippen LogP contribution in [-0.4, -0.2) is 23.3 Å². The Balaban J connectivity index is 1.65. The molecule has 0 unspecified atom stereocenters. The van der Waals surface area contributed by atoms with Crippen molar-refractivity contribution in [2.45, 2.75) is 45.4 Å². The first-order valence-corrected chi connectivity index (χ1v) is 8.33. The van der Waals surface area contributed by atoms with E-state index in [2.05, 4.69) is 28.5 Å². The number of nitrogens with zero attached hydrogens (tertiary/aromatic N) is 2. The Bertz CT molecular complexity index is 538.